The highest BCUT2D eigenvalue weighted by Gasteiger charge is 2.31. The first-order chi connectivity index (χ1) is 7.17. The number of hydrogen-bond donors (Lipinski definition) is 0. The topological polar surface area (TPSA) is 69.7 Å². The monoisotopic (exact) mass is 230 g/mol. The van der Waals surface area contributed by atoms with E-state index in [0.29, 0.717) is 0 Å². The molecule has 5 heteroatoms. The average molecular weight is 230 g/mol. The average Bonchev–Trinajstić information content (AvgIpc) is 2.09. The van der Waals surface area contributed by atoms with Crippen molar-refractivity contribution >= 4 is 17.7 Å². The minimum Gasteiger partial charge on any atom is -0.469 e. The minimum absolute atomic E-state index is 0.277. The van der Waals surface area contributed by atoms with E-state index in [0.717, 1.165) is 0 Å². The molecule has 0 heterocycles. The van der Waals surface area contributed by atoms with Gasteiger partial charge in [0.2, 0.25) is 0 Å². The van der Waals surface area contributed by atoms with E-state index >= 15 is 0 Å². The number of methoxy groups -OCH3 is 1. The fourth-order valence-corrected chi connectivity index (χ4v) is 1.02. The molecule has 16 heavy (non-hydrogen) atoms. The molecule has 1 atom stereocenters. The van der Waals surface area contributed by atoms with Crippen LogP contribution in [0.1, 0.15) is 34.1 Å². The molecule has 0 aromatic carbocycles. The van der Waals surface area contributed by atoms with Crippen molar-refractivity contribution in [2.75, 3.05) is 7.11 Å². The van der Waals surface area contributed by atoms with Crippen LogP contribution in [0.15, 0.2) is 0 Å². The zero-order valence-corrected chi connectivity index (χ0v) is 10.3. The zero-order valence-electron chi connectivity index (χ0n) is 10.3. The maximum absolute atomic E-state index is 11.6. The summed E-state index contributed by atoms with van der Waals surface area (Å²) in [6, 6.07) is 0. The summed E-state index contributed by atoms with van der Waals surface area (Å²) in [5.41, 5.74) is -0.680. The lowest BCUT2D eigenvalue weighted by Crippen LogP contribution is -2.33. The number of carbonyl (C=O) groups excluding carboxylic acids is 3. The van der Waals surface area contributed by atoms with Crippen molar-refractivity contribution in [1.29, 1.82) is 0 Å². The summed E-state index contributed by atoms with van der Waals surface area (Å²) in [5.74, 6) is -2.78. The summed E-state index contributed by atoms with van der Waals surface area (Å²) in [6.45, 7) is 6.33. The molecule has 0 aliphatic carbocycles. The normalized spacial score (nSPS) is 12.8. The van der Waals surface area contributed by atoms with E-state index in [2.05, 4.69) is 4.74 Å². The Morgan fingerprint density at radius 1 is 1.19 bits per heavy atom. The lowest BCUT2D eigenvalue weighted by molar-refractivity contribution is -0.165. The third kappa shape index (κ3) is 5.48. The van der Waals surface area contributed by atoms with E-state index in [1.54, 1.807) is 20.8 Å². The van der Waals surface area contributed by atoms with Crippen molar-refractivity contribution < 1.29 is 23.9 Å². The van der Waals surface area contributed by atoms with Gasteiger partial charge in [0, 0.05) is 0 Å². The molecule has 1 unspecified atom stereocenters. The van der Waals surface area contributed by atoms with Crippen LogP contribution in [0.4, 0.5) is 0 Å². The van der Waals surface area contributed by atoms with Gasteiger partial charge >= 0.3 is 11.9 Å². The van der Waals surface area contributed by atoms with E-state index in [1.807, 2.05) is 0 Å². The number of ether oxygens (including phenoxy) is 2. The summed E-state index contributed by atoms with van der Waals surface area (Å²) >= 11 is 0. The van der Waals surface area contributed by atoms with E-state index in [9.17, 15) is 14.4 Å². The molecule has 0 aromatic heterocycles. The van der Waals surface area contributed by atoms with Gasteiger partial charge in [0.25, 0.3) is 0 Å². The molecule has 5 nitrogen and oxygen atoms in total. The van der Waals surface area contributed by atoms with Crippen molar-refractivity contribution in [3.8, 4) is 0 Å². The Hall–Kier alpha value is -1.39. The van der Waals surface area contributed by atoms with E-state index in [4.69, 9.17) is 4.74 Å². The van der Waals surface area contributed by atoms with E-state index < -0.39 is 29.2 Å². The number of Topliss-reactive ketones (excluding diaryl/α,β-unsaturated/α-hetero) is 1. The van der Waals surface area contributed by atoms with Crippen molar-refractivity contribution in [2.24, 2.45) is 5.92 Å². The molecule has 0 N–H and O–H groups in total. The van der Waals surface area contributed by atoms with Gasteiger partial charge in [-0.3, -0.25) is 14.4 Å². The Balaban J connectivity index is 4.61. The van der Waals surface area contributed by atoms with Crippen LogP contribution < -0.4 is 0 Å². The minimum atomic E-state index is -1.08. The Labute approximate surface area is 95.1 Å². The van der Waals surface area contributed by atoms with Gasteiger partial charge in [-0.05, 0) is 27.7 Å². The van der Waals surface area contributed by atoms with Crippen molar-refractivity contribution in [2.45, 2.75) is 39.7 Å². The summed E-state index contributed by atoms with van der Waals surface area (Å²) in [4.78, 5) is 33.8. The third-order valence-corrected chi connectivity index (χ3v) is 1.78. The Morgan fingerprint density at radius 2 is 1.69 bits per heavy atom. The van der Waals surface area contributed by atoms with Crippen LogP contribution in [-0.4, -0.2) is 30.4 Å². The molecule has 0 bridgehead atoms. The van der Waals surface area contributed by atoms with Gasteiger partial charge in [-0.1, -0.05) is 0 Å². The quantitative estimate of drug-likeness (QED) is 0.534. The number of carbonyl (C=O) groups is 3. The number of hydrogen-bond acceptors (Lipinski definition) is 5. The highest BCUT2D eigenvalue weighted by molar-refractivity contribution is 6.00. The van der Waals surface area contributed by atoms with Gasteiger partial charge in [0.05, 0.1) is 13.5 Å². The lowest BCUT2D eigenvalue weighted by atomic mass is 10.0. The molecule has 0 spiro atoms. The van der Waals surface area contributed by atoms with E-state index in [1.165, 1.54) is 14.0 Å². The first-order valence-electron chi connectivity index (χ1n) is 4.97. The summed E-state index contributed by atoms with van der Waals surface area (Å²) in [5, 5.41) is 0. The Bertz CT molecular complexity index is 287. The van der Waals surface area contributed by atoms with Crippen molar-refractivity contribution in [3.63, 3.8) is 0 Å². The Morgan fingerprint density at radius 3 is 2.00 bits per heavy atom. The van der Waals surface area contributed by atoms with Gasteiger partial charge in [-0.15, -0.1) is 0 Å². The highest BCUT2D eigenvalue weighted by Crippen LogP contribution is 2.15. The summed E-state index contributed by atoms with van der Waals surface area (Å²) in [7, 11) is 1.20. The van der Waals surface area contributed by atoms with Gasteiger partial charge in [-0.25, -0.2) is 0 Å². The smallest absolute Gasteiger partial charge is 0.317 e. The third-order valence-electron chi connectivity index (χ3n) is 1.78. The van der Waals surface area contributed by atoms with Crippen LogP contribution in [0.3, 0.4) is 0 Å². The first-order valence-corrected chi connectivity index (χ1v) is 4.97. The van der Waals surface area contributed by atoms with Gasteiger partial charge < -0.3 is 9.47 Å². The molecule has 0 aliphatic rings. The predicted octanol–water partition coefficient (Wildman–Crippen LogP) is 1.10. The van der Waals surface area contributed by atoms with Crippen molar-refractivity contribution in [3.05, 3.63) is 0 Å². The molecule has 0 radical (unpaired) electrons. The van der Waals surface area contributed by atoms with Crippen LogP contribution in [0.25, 0.3) is 0 Å². The lowest BCUT2D eigenvalue weighted by Gasteiger charge is -2.22. The van der Waals surface area contributed by atoms with Crippen LogP contribution in [0, 0.1) is 5.92 Å². The van der Waals surface area contributed by atoms with Crippen LogP contribution in [0.2, 0.25) is 0 Å². The van der Waals surface area contributed by atoms with Gasteiger partial charge in [0.1, 0.15) is 17.3 Å². The molecule has 0 saturated carbocycles. The van der Waals surface area contributed by atoms with E-state index in [-0.39, 0.29) is 6.42 Å². The molecule has 0 amide bonds. The molecular weight excluding hydrogens is 212 g/mol. The molecule has 0 saturated heterocycles. The molecule has 0 aliphatic heterocycles. The fourth-order valence-electron chi connectivity index (χ4n) is 1.02. The summed E-state index contributed by atoms with van der Waals surface area (Å²) in [6.07, 6.45) is -0.277. The molecule has 0 fully saturated rings. The molecular formula is C11H18O5. The second kappa shape index (κ2) is 5.63. The largest absolute Gasteiger partial charge is 0.469 e. The highest BCUT2D eigenvalue weighted by atomic mass is 16.6. The number of rotatable bonds is 4. The SMILES string of the molecule is COC(=O)CC(C(C)=O)C(=O)OC(C)(C)C. The maximum Gasteiger partial charge on any atom is 0.317 e. The second-order valence-corrected chi connectivity index (χ2v) is 4.48. The zero-order chi connectivity index (χ0) is 12.9. The first kappa shape index (κ1) is 14.6. The Kier molecular flexibility index (Phi) is 5.14. The van der Waals surface area contributed by atoms with Gasteiger partial charge in [-0.2, -0.15) is 0 Å². The fraction of sp³-hybridized carbons (Fsp3) is 0.727. The standard InChI is InChI=1S/C11H18O5/c1-7(12)8(6-9(13)15-5)10(14)16-11(2,3)4/h8H,6H2,1-5H3. The van der Waals surface area contributed by atoms with Crippen LogP contribution in [0.5, 0.6) is 0 Å². The van der Waals surface area contributed by atoms with Crippen LogP contribution in [-0.2, 0) is 23.9 Å². The molecule has 92 valence electrons. The predicted molar refractivity (Wildman–Crippen MR) is 56.6 cm³/mol. The number of esters is 2. The second-order valence-electron chi connectivity index (χ2n) is 4.48. The van der Waals surface area contributed by atoms with Crippen molar-refractivity contribution in [1.82, 2.24) is 0 Å². The molecule has 0 rings (SSSR count). The maximum atomic E-state index is 11.6. The van der Waals surface area contributed by atoms with Crippen LogP contribution >= 0.6 is 0 Å². The number of ketones is 1. The molecule has 0 aromatic rings. The summed E-state index contributed by atoms with van der Waals surface area (Å²) < 4.78 is 9.45. The van der Waals surface area contributed by atoms with Gasteiger partial charge in [0.15, 0.2) is 0 Å².